The number of esters is 1. The molecular weight excluding hydrogens is 477 g/mol. The summed E-state index contributed by atoms with van der Waals surface area (Å²) in [5.74, 6) is -0.831. The highest BCUT2D eigenvalue weighted by Gasteiger charge is 2.34. The Morgan fingerprint density at radius 1 is 1.06 bits per heavy atom. The maximum atomic E-state index is 13.1. The van der Waals surface area contributed by atoms with E-state index in [0.717, 1.165) is 55.1 Å². The summed E-state index contributed by atoms with van der Waals surface area (Å²) in [6, 6.07) is 5.77. The predicted octanol–water partition coefficient (Wildman–Crippen LogP) is 5.11. The van der Waals surface area contributed by atoms with Gasteiger partial charge in [0.25, 0.3) is 0 Å². The summed E-state index contributed by atoms with van der Waals surface area (Å²) in [6.45, 7) is 7.37. The Morgan fingerprint density at radius 2 is 1.78 bits per heavy atom. The molecule has 3 rings (SSSR count). The molecule has 1 aliphatic carbocycles. The summed E-state index contributed by atoms with van der Waals surface area (Å²) in [5, 5.41) is 8.20. The van der Waals surface area contributed by atoms with Crippen LogP contribution < -0.4 is 0 Å². The topological polar surface area (TPSA) is 95.3 Å². The van der Waals surface area contributed by atoms with E-state index >= 15 is 0 Å². The summed E-state index contributed by atoms with van der Waals surface area (Å²) in [7, 11) is 1.13. The van der Waals surface area contributed by atoms with Gasteiger partial charge in [-0.15, -0.1) is 0 Å². The number of rotatable bonds is 8. The molecule has 0 saturated carbocycles. The van der Waals surface area contributed by atoms with Crippen LogP contribution in [0.15, 0.2) is 34.6 Å². The van der Waals surface area contributed by atoms with E-state index < -0.39 is 23.3 Å². The Balaban J connectivity index is 1.67. The molecule has 194 valence electrons. The Morgan fingerprint density at radius 3 is 2.47 bits per heavy atom. The van der Waals surface area contributed by atoms with Crippen molar-refractivity contribution in [3.05, 3.63) is 58.2 Å². The van der Waals surface area contributed by atoms with Crippen LogP contribution in [0, 0.1) is 12.3 Å². The van der Waals surface area contributed by atoms with Crippen LogP contribution >= 0.6 is 0 Å². The Kier molecular flexibility index (Phi) is 8.31. The van der Waals surface area contributed by atoms with E-state index in [1.54, 1.807) is 0 Å². The van der Waals surface area contributed by atoms with Crippen molar-refractivity contribution in [2.75, 3.05) is 20.3 Å². The summed E-state index contributed by atoms with van der Waals surface area (Å²) in [4.78, 5) is 31.2. The second kappa shape index (κ2) is 11.0. The molecule has 0 atom stereocenters. The van der Waals surface area contributed by atoms with E-state index in [0.29, 0.717) is 6.07 Å². The number of oxime groups is 2. The first-order chi connectivity index (χ1) is 16.9. The fraction of sp³-hybridized carbons (Fsp3) is 0.480. The molecule has 0 spiro atoms. The van der Waals surface area contributed by atoms with Crippen LogP contribution in [-0.2, 0) is 27.0 Å². The SMILES string of the molecule is COC(=O)c1ccc(C(F)(F)F)nc1/C(C)=N/OCC(C)(C)CO/N=C1\CCCc2ccc(C)nc21. The van der Waals surface area contributed by atoms with E-state index in [4.69, 9.17) is 9.68 Å². The van der Waals surface area contributed by atoms with E-state index in [9.17, 15) is 18.0 Å². The molecule has 0 saturated heterocycles. The van der Waals surface area contributed by atoms with Crippen molar-refractivity contribution < 1.29 is 32.4 Å². The minimum atomic E-state index is -4.68. The van der Waals surface area contributed by atoms with Crippen LogP contribution in [0.4, 0.5) is 13.2 Å². The van der Waals surface area contributed by atoms with E-state index in [1.165, 1.54) is 6.92 Å². The molecule has 0 N–H and O–H groups in total. The number of nitrogens with zero attached hydrogens (tertiary/aromatic N) is 4. The van der Waals surface area contributed by atoms with Gasteiger partial charge in [-0.3, -0.25) is 4.98 Å². The predicted molar refractivity (Wildman–Crippen MR) is 127 cm³/mol. The van der Waals surface area contributed by atoms with E-state index in [1.807, 2.05) is 26.8 Å². The van der Waals surface area contributed by atoms with Gasteiger partial charge in [-0.2, -0.15) is 13.2 Å². The maximum absolute atomic E-state index is 13.1. The number of aromatic nitrogens is 2. The lowest BCUT2D eigenvalue weighted by Crippen LogP contribution is -2.25. The number of hydrogen-bond donors (Lipinski definition) is 0. The van der Waals surface area contributed by atoms with Crippen molar-refractivity contribution >= 4 is 17.4 Å². The molecule has 2 aromatic rings. The minimum Gasteiger partial charge on any atom is -0.465 e. The van der Waals surface area contributed by atoms with Crippen molar-refractivity contribution in [1.29, 1.82) is 0 Å². The zero-order chi connectivity index (χ0) is 26.5. The Hall–Kier alpha value is -3.50. The quantitative estimate of drug-likeness (QED) is 0.280. The molecule has 0 aromatic carbocycles. The van der Waals surface area contributed by atoms with Crippen LogP contribution in [0.1, 0.15) is 72.3 Å². The third kappa shape index (κ3) is 6.79. The van der Waals surface area contributed by atoms with Gasteiger partial charge in [0.2, 0.25) is 0 Å². The summed E-state index contributed by atoms with van der Waals surface area (Å²) < 4.78 is 44.0. The average molecular weight is 507 g/mol. The number of hydrogen-bond acceptors (Lipinski definition) is 8. The highest BCUT2D eigenvalue weighted by molar-refractivity contribution is 6.06. The van der Waals surface area contributed by atoms with Crippen LogP contribution in [0.3, 0.4) is 0 Å². The molecule has 8 nitrogen and oxygen atoms in total. The van der Waals surface area contributed by atoms with Crippen LogP contribution in [0.25, 0.3) is 0 Å². The lowest BCUT2D eigenvalue weighted by atomic mass is 9.94. The monoisotopic (exact) mass is 506 g/mol. The first kappa shape index (κ1) is 27.1. The molecule has 0 fully saturated rings. The molecule has 0 aliphatic heterocycles. The van der Waals surface area contributed by atoms with Crippen LogP contribution in [0.5, 0.6) is 0 Å². The Bertz CT molecular complexity index is 1180. The summed E-state index contributed by atoms with van der Waals surface area (Å²) in [5.41, 5.74) is 1.63. The maximum Gasteiger partial charge on any atom is 0.433 e. The van der Waals surface area contributed by atoms with E-state index in [-0.39, 0.29) is 30.2 Å². The Labute approximate surface area is 207 Å². The number of alkyl halides is 3. The lowest BCUT2D eigenvalue weighted by Gasteiger charge is -2.22. The van der Waals surface area contributed by atoms with Crippen molar-refractivity contribution in [3.63, 3.8) is 0 Å². The van der Waals surface area contributed by atoms with Gasteiger partial charge in [-0.05, 0) is 56.9 Å². The van der Waals surface area contributed by atoms with Gasteiger partial charge in [0.1, 0.15) is 36.0 Å². The molecule has 0 amide bonds. The second-order valence-electron chi connectivity index (χ2n) is 9.32. The van der Waals surface area contributed by atoms with Crippen molar-refractivity contribution in [2.45, 2.75) is 53.1 Å². The minimum absolute atomic E-state index is 0.00119. The number of aryl methyl sites for hydroxylation is 2. The fourth-order valence-electron chi connectivity index (χ4n) is 3.53. The molecule has 36 heavy (non-hydrogen) atoms. The van der Waals surface area contributed by atoms with Crippen LogP contribution in [0.2, 0.25) is 0 Å². The number of halogens is 3. The third-order valence-corrected chi connectivity index (χ3v) is 5.47. The van der Waals surface area contributed by atoms with Gasteiger partial charge < -0.3 is 14.4 Å². The van der Waals surface area contributed by atoms with Crippen molar-refractivity contribution in [1.82, 2.24) is 9.97 Å². The van der Waals surface area contributed by atoms with Gasteiger partial charge in [0.05, 0.1) is 18.4 Å². The van der Waals surface area contributed by atoms with Gasteiger partial charge in [-0.1, -0.05) is 30.2 Å². The van der Waals surface area contributed by atoms with Crippen LogP contribution in [-0.4, -0.2) is 47.7 Å². The number of fused-ring (bicyclic) bond motifs is 1. The summed E-state index contributed by atoms with van der Waals surface area (Å²) >= 11 is 0. The van der Waals surface area contributed by atoms with Gasteiger partial charge >= 0.3 is 12.1 Å². The van der Waals surface area contributed by atoms with Gasteiger partial charge in [0, 0.05) is 11.1 Å². The first-order valence-corrected chi connectivity index (χ1v) is 11.4. The highest BCUT2D eigenvalue weighted by atomic mass is 19.4. The standard InChI is InChI=1S/C25H29F3N4O4/c1-15-9-10-17-7-6-8-19(22(17)29-15)32-36-14-24(3,4)13-35-31-16(2)21-18(23(33)34-5)11-12-20(30-21)25(26,27)28/h9-12H,6-8,13-14H2,1-5H3/b31-16+,32-19+. The summed E-state index contributed by atoms with van der Waals surface area (Å²) in [6.07, 6.45) is -1.98. The van der Waals surface area contributed by atoms with Gasteiger partial charge in [0.15, 0.2) is 0 Å². The zero-order valence-electron chi connectivity index (χ0n) is 20.9. The van der Waals surface area contributed by atoms with Crippen molar-refractivity contribution in [2.24, 2.45) is 15.7 Å². The molecule has 0 radical (unpaired) electrons. The zero-order valence-corrected chi connectivity index (χ0v) is 20.9. The largest absolute Gasteiger partial charge is 0.465 e. The number of carbonyl (C=O) groups excluding carboxylic acids is 1. The molecule has 2 heterocycles. The number of ether oxygens (including phenoxy) is 1. The fourth-order valence-corrected chi connectivity index (χ4v) is 3.53. The normalized spacial score (nSPS) is 15.4. The number of methoxy groups -OCH3 is 1. The number of pyridine rings is 2. The van der Waals surface area contributed by atoms with Crippen molar-refractivity contribution in [3.8, 4) is 0 Å². The molecule has 2 aromatic heterocycles. The number of carbonyl (C=O) groups is 1. The lowest BCUT2D eigenvalue weighted by molar-refractivity contribution is -0.141. The smallest absolute Gasteiger partial charge is 0.433 e. The molecule has 11 heteroatoms. The molecule has 0 unspecified atom stereocenters. The average Bonchev–Trinajstić information content (AvgIpc) is 2.82. The van der Waals surface area contributed by atoms with Gasteiger partial charge in [-0.25, -0.2) is 9.78 Å². The molecular formula is C25H29F3N4O4. The van der Waals surface area contributed by atoms with E-state index in [2.05, 4.69) is 31.1 Å². The first-order valence-electron chi connectivity index (χ1n) is 11.4. The highest BCUT2D eigenvalue weighted by Crippen LogP contribution is 2.29. The second-order valence-corrected chi connectivity index (χ2v) is 9.32. The molecule has 1 aliphatic rings. The third-order valence-electron chi connectivity index (χ3n) is 5.47. The molecule has 0 bridgehead atoms.